The third-order valence-electron chi connectivity index (χ3n) is 4.18. The maximum Gasteiger partial charge on any atom is 0.254 e. The van der Waals surface area contributed by atoms with E-state index in [1.165, 1.54) is 11.8 Å². The first-order chi connectivity index (χ1) is 10.3. The predicted molar refractivity (Wildman–Crippen MR) is 88.1 cm³/mol. The van der Waals surface area contributed by atoms with Crippen molar-refractivity contribution in [3.63, 3.8) is 0 Å². The van der Waals surface area contributed by atoms with Gasteiger partial charge in [-0.05, 0) is 24.5 Å². The zero-order valence-electron chi connectivity index (χ0n) is 12.3. The molecule has 3 rings (SSSR count). The van der Waals surface area contributed by atoms with E-state index in [1.807, 2.05) is 6.07 Å². The van der Waals surface area contributed by atoms with Gasteiger partial charge in [0.25, 0.3) is 5.91 Å². The van der Waals surface area contributed by atoms with Crippen molar-refractivity contribution in [2.75, 3.05) is 0 Å². The van der Waals surface area contributed by atoms with E-state index in [9.17, 15) is 4.79 Å². The number of rotatable bonds is 4. The first-order valence-electron chi connectivity index (χ1n) is 7.41. The van der Waals surface area contributed by atoms with Gasteiger partial charge in [0.1, 0.15) is 12.0 Å². The number of hydrogen-bond acceptors (Lipinski definition) is 3. The Morgan fingerprint density at radius 3 is 2.73 bits per heavy atom. The second kappa shape index (κ2) is 7.47. The molecule has 0 spiro atoms. The quantitative estimate of drug-likeness (QED) is 0.908. The molecule has 1 fully saturated rings. The number of carbonyl (C=O) groups excluding carboxylic acids is 1. The summed E-state index contributed by atoms with van der Waals surface area (Å²) in [6, 6.07) is 12.3. The summed E-state index contributed by atoms with van der Waals surface area (Å²) in [7, 11) is 0. The molecule has 1 aromatic heterocycles. The molecule has 2 aromatic rings. The van der Waals surface area contributed by atoms with Crippen molar-refractivity contribution in [2.24, 2.45) is 5.73 Å². The number of benzene rings is 1. The molecular formula is C17H21ClN2O2. The molecule has 0 bridgehead atoms. The van der Waals surface area contributed by atoms with Crippen LogP contribution in [0.5, 0.6) is 0 Å². The Labute approximate surface area is 136 Å². The predicted octanol–water partition coefficient (Wildman–Crippen LogP) is 3.23. The molecule has 0 radical (unpaired) electrons. The van der Waals surface area contributed by atoms with Crippen molar-refractivity contribution >= 4 is 18.3 Å². The van der Waals surface area contributed by atoms with Gasteiger partial charge in [-0.25, -0.2) is 0 Å². The first kappa shape index (κ1) is 16.6. The van der Waals surface area contributed by atoms with Crippen LogP contribution in [0.25, 0.3) is 0 Å². The largest absolute Gasteiger partial charge is 0.467 e. The van der Waals surface area contributed by atoms with Crippen molar-refractivity contribution in [3.05, 3.63) is 59.5 Å². The Hall–Kier alpha value is -1.78. The average Bonchev–Trinajstić information content (AvgIpc) is 3.17. The lowest BCUT2D eigenvalue weighted by Crippen LogP contribution is -2.36. The maximum atomic E-state index is 12.3. The van der Waals surface area contributed by atoms with Crippen LogP contribution < -0.4 is 11.1 Å². The third-order valence-corrected chi connectivity index (χ3v) is 4.18. The Balaban J connectivity index is 0.00000176. The number of nitrogens with two attached hydrogens (primary N) is 1. The van der Waals surface area contributed by atoms with Crippen molar-refractivity contribution in [3.8, 4) is 0 Å². The van der Waals surface area contributed by atoms with Crippen LogP contribution in [0.15, 0.2) is 47.1 Å². The molecule has 3 N–H and O–H groups in total. The van der Waals surface area contributed by atoms with Crippen LogP contribution in [0.2, 0.25) is 0 Å². The number of amides is 1. The van der Waals surface area contributed by atoms with Crippen LogP contribution in [-0.2, 0) is 6.54 Å². The van der Waals surface area contributed by atoms with Crippen LogP contribution in [0.3, 0.4) is 0 Å². The average molecular weight is 321 g/mol. The van der Waals surface area contributed by atoms with Gasteiger partial charge in [-0.3, -0.25) is 4.79 Å². The molecule has 2 unspecified atom stereocenters. The summed E-state index contributed by atoms with van der Waals surface area (Å²) >= 11 is 0. The SMILES string of the molecule is Cl.NCc1cc(C(=O)NC2CCCC2c2ccccc2)co1. The van der Waals surface area contributed by atoms with Crippen molar-refractivity contribution in [1.29, 1.82) is 0 Å². The normalized spacial score (nSPS) is 20.4. The number of carbonyl (C=O) groups is 1. The van der Waals surface area contributed by atoms with Gasteiger partial charge >= 0.3 is 0 Å². The van der Waals surface area contributed by atoms with Crippen LogP contribution in [0, 0.1) is 0 Å². The second-order valence-electron chi connectivity index (χ2n) is 5.53. The molecule has 1 aliphatic carbocycles. The molecular weight excluding hydrogens is 300 g/mol. The van der Waals surface area contributed by atoms with Gasteiger partial charge in [-0.15, -0.1) is 12.4 Å². The Kier molecular flexibility index (Phi) is 5.63. The zero-order chi connectivity index (χ0) is 14.7. The molecule has 5 heteroatoms. The molecule has 0 saturated heterocycles. The molecule has 1 heterocycles. The zero-order valence-corrected chi connectivity index (χ0v) is 13.1. The van der Waals surface area contributed by atoms with Gasteiger partial charge < -0.3 is 15.5 Å². The van der Waals surface area contributed by atoms with Gasteiger partial charge in [0.05, 0.1) is 12.1 Å². The molecule has 1 aliphatic rings. The highest BCUT2D eigenvalue weighted by molar-refractivity contribution is 5.94. The lowest BCUT2D eigenvalue weighted by molar-refractivity contribution is 0.0934. The van der Waals surface area contributed by atoms with Gasteiger partial charge in [0.15, 0.2) is 0 Å². The highest BCUT2D eigenvalue weighted by Crippen LogP contribution is 2.34. The molecule has 1 saturated carbocycles. The topological polar surface area (TPSA) is 68.3 Å². The van der Waals surface area contributed by atoms with Crippen molar-refractivity contribution in [2.45, 2.75) is 37.8 Å². The van der Waals surface area contributed by atoms with E-state index in [0.29, 0.717) is 23.8 Å². The fraction of sp³-hybridized carbons (Fsp3) is 0.353. The van der Waals surface area contributed by atoms with E-state index in [0.717, 1.165) is 19.3 Å². The van der Waals surface area contributed by atoms with Gasteiger partial charge in [0.2, 0.25) is 0 Å². The van der Waals surface area contributed by atoms with E-state index in [2.05, 4.69) is 29.6 Å². The lowest BCUT2D eigenvalue weighted by Gasteiger charge is -2.21. The van der Waals surface area contributed by atoms with Gasteiger partial charge in [-0.1, -0.05) is 36.8 Å². The summed E-state index contributed by atoms with van der Waals surface area (Å²) in [4.78, 5) is 12.3. The minimum absolute atomic E-state index is 0. The summed E-state index contributed by atoms with van der Waals surface area (Å²) in [5.74, 6) is 0.952. The van der Waals surface area contributed by atoms with Crippen LogP contribution in [-0.4, -0.2) is 11.9 Å². The van der Waals surface area contributed by atoms with Gasteiger partial charge in [0, 0.05) is 12.0 Å². The fourth-order valence-corrected chi connectivity index (χ4v) is 3.09. The molecule has 2 atom stereocenters. The number of halogens is 1. The van der Waals surface area contributed by atoms with Crippen LogP contribution in [0.1, 0.15) is 46.9 Å². The number of furan rings is 1. The molecule has 0 aliphatic heterocycles. The lowest BCUT2D eigenvalue weighted by atomic mass is 9.94. The highest BCUT2D eigenvalue weighted by Gasteiger charge is 2.30. The Morgan fingerprint density at radius 1 is 1.27 bits per heavy atom. The summed E-state index contributed by atoms with van der Waals surface area (Å²) in [5, 5.41) is 3.14. The monoisotopic (exact) mass is 320 g/mol. The summed E-state index contributed by atoms with van der Waals surface area (Å²) < 4.78 is 5.23. The van der Waals surface area contributed by atoms with E-state index in [4.69, 9.17) is 10.2 Å². The molecule has 22 heavy (non-hydrogen) atoms. The maximum absolute atomic E-state index is 12.3. The Bertz CT molecular complexity index is 612. The smallest absolute Gasteiger partial charge is 0.254 e. The van der Waals surface area contributed by atoms with E-state index >= 15 is 0 Å². The third kappa shape index (κ3) is 3.51. The van der Waals surface area contributed by atoms with E-state index in [-0.39, 0.29) is 24.4 Å². The summed E-state index contributed by atoms with van der Waals surface area (Å²) in [6.07, 6.45) is 4.76. The standard InChI is InChI=1S/C17H20N2O2.ClH/c18-10-14-9-13(11-21-14)17(20)19-16-8-4-7-15(16)12-5-2-1-3-6-12;/h1-3,5-6,9,11,15-16H,4,7-8,10,18H2,(H,19,20);1H. The Morgan fingerprint density at radius 2 is 2.05 bits per heavy atom. The first-order valence-corrected chi connectivity index (χ1v) is 7.41. The van der Waals surface area contributed by atoms with Crippen molar-refractivity contribution < 1.29 is 9.21 Å². The van der Waals surface area contributed by atoms with Gasteiger partial charge in [-0.2, -0.15) is 0 Å². The molecule has 118 valence electrons. The minimum Gasteiger partial charge on any atom is -0.467 e. The second-order valence-corrected chi connectivity index (χ2v) is 5.53. The van der Waals surface area contributed by atoms with E-state index < -0.39 is 0 Å². The molecule has 1 aromatic carbocycles. The summed E-state index contributed by atoms with van der Waals surface area (Å²) in [6.45, 7) is 0.309. The number of hydrogen-bond donors (Lipinski definition) is 2. The molecule has 1 amide bonds. The van der Waals surface area contributed by atoms with E-state index in [1.54, 1.807) is 6.07 Å². The van der Waals surface area contributed by atoms with Crippen LogP contribution in [0.4, 0.5) is 0 Å². The molecule has 4 nitrogen and oxygen atoms in total. The minimum atomic E-state index is -0.0775. The number of nitrogens with one attached hydrogen (secondary N) is 1. The summed E-state index contributed by atoms with van der Waals surface area (Å²) in [5.41, 5.74) is 7.35. The fourth-order valence-electron chi connectivity index (χ4n) is 3.09. The van der Waals surface area contributed by atoms with Crippen LogP contribution >= 0.6 is 12.4 Å². The highest BCUT2D eigenvalue weighted by atomic mass is 35.5. The van der Waals surface area contributed by atoms with Crippen molar-refractivity contribution in [1.82, 2.24) is 5.32 Å².